The van der Waals surface area contributed by atoms with E-state index in [9.17, 15) is 5.11 Å². The lowest BCUT2D eigenvalue weighted by atomic mass is 10.2. The number of aliphatic hydroxyl groups excluding tert-OH is 1. The van der Waals surface area contributed by atoms with Gasteiger partial charge in [0.25, 0.3) is 0 Å². The molecule has 4 nitrogen and oxygen atoms in total. The van der Waals surface area contributed by atoms with Gasteiger partial charge in [-0.25, -0.2) is 0 Å². The first-order valence-corrected chi connectivity index (χ1v) is 5.98. The molecule has 2 aromatic rings. The van der Waals surface area contributed by atoms with Gasteiger partial charge in [-0.3, -0.25) is 0 Å². The van der Waals surface area contributed by atoms with E-state index < -0.39 is 0 Å². The van der Waals surface area contributed by atoms with Crippen molar-refractivity contribution < 1.29 is 14.6 Å². The SMILES string of the molecule is OCc1ccc(NCCCc2ccco2)cc1O. The Bertz CT molecular complexity index is 480. The number of rotatable bonds is 6. The van der Waals surface area contributed by atoms with Gasteiger partial charge in [-0.2, -0.15) is 0 Å². The van der Waals surface area contributed by atoms with E-state index in [4.69, 9.17) is 9.52 Å². The van der Waals surface area contributed by atoms with E-state index in [1.54, 1.807) is 18.4 Å². The molecule has 0 saturated carbocycles. The summed E-state index contributed by atoms with van der Waals surface area (Å²) in [5, 5.41) is 21.7. The van der Waals surface area contributed by atoms with Crippen molar-refractivity contribution in [2.75, 3.05) is 11.9 Å². The second-order valence-electron chi connectivity index (χ2n) is 4.11. The molecule has 0 bridgehead atoms. The summed E-state index contributed by atoms with van der Waals surface area (Å²) in [7, 11) is 0. The van der Waals surface area contributed by atoms with Gasteiger partial charge in [-0.1, -0.05) is 6.07 Å². The first-order chi connectivity index (χ1) is 8.79. The highest BCUT2D eigenvalue weighted by atomic mass is 16.3. The largest absolute Gasteiger partial charge is 0.508 e. The maximum Gasteiger partial charge on any atom is 0.123 e. The van der Waals surface area contributed by atoms with Gasteiger partial charge in [0, 0.05) is 30.3 Å². The molecular weight excluding hydrogens is 230 g/mol. The van der Waals surface area contributed by atoms with Gasteiger partial charge < -0.3 is 19.9 Å². The molecule has 4 heteroatoms. The minimum absolute atomic E-state index is 0.119. The molecule has 1 aromatic heterocycles. The zero-order valence-electron chi connectivity index (χ0n) is 10.1. The lowest BCUT2D eigenvalue weighted by molar-refractivity contribution is 0.275. The molecule has 0 saturated heterocycles. The number of nitrogens with one attached hydrogen (secondary N) is 1. The average molecular weight is 247 g/mol. The summed E-state index contributed by atoms with van der Waals surface area (Å²) in [6, 6.07) is 9.02. The van der Waals surface area contributed by atoms with Gasteiger partial charge in [0.15, 0.2) is 0 Å². The van der Waals surface area contributed by atoms with Crippen LogP contribution in [-0.4, -0.2) is 16.8 Å². The summed E-state index contributed by atoms with van der Waals surface area (Å²) in [6.07, 6.45) is 3.52. The molecule has 0 amide bonds. The van der Waals surface area contributed by atoms with E-state index in [1.165, 1.54) is 0 Å². The molecule has 0 aliphatic rings. The Balaban J connectivity index is 1.78. The molecular formula is C14H17NO3. The van der Waals surface area contributed by atoms with Crippen LogP contribution in [-0.2, 0) is 13.0 Å². The summed E-state index contributed by atoms with van der Waals surface area (Å²) in [4.78, 5) is 0. The van der Waals surface area contributed by atoms with Gasteiger partial charge >= 0.3 is 0 Å². The predicted molar refractivity (Wildman–Crippen MR) is 69.5 cm³/mol. The second kappa shape index (κ2) is 6.12. The highest BCUT2D eigenvalue weighted by molar-refractivity contribution is 5.51. The summed E-state index contributed by atoms with van der Waals surface area (Å²) in [5.74, 6) is 1.10. The van der Waals surface area contributed by atoms with Crippen LogP contribution < -0.4 is 5.32 Å². The number of hydrogen-bond donors (Lipinski definition) is 3. The molecule has 0 aliphatic carbocycles. The van der Waals surface area contributed by atoms with Crippen molar-refractivity contribution in [3.8, 4) is 5.75 Å². The molecule has 3 N–H and O–H groups in total. The first kappa shape index (κ1) is 12.5. The van der Waals surface area contributed by atoms with E-state index >= 15 is 0 Å². The van der Waals surface area contributed by atoms with Gasteiger partial charge in [0.05, 0.1) is 12.9 Å². The maximum atomic E-state index is 9.58. The summed E-state index contributed by atoms with van der Waals surface area (Å²) in [6.45, 7) is 0.656. The normalized spacial score (nSPS) is 10.5. The van der Waals surface area contributed by atoms with Crippen molar-refractivity contribution in [3.63, 3.8) is 0 Å². The predicted octanol–water partition coefficient (Wildman–Crippen LogP) is 2.52. The highest BCUT2D eigenvalue weighted by Crippen LogP contribution is 2.21. The number of hydrogen-bond acceptors (Lipinski definition) is 4. The number of furan rings is 1. The fourth-order valence-corrected chi connectivity index (χ4v) is 1.76. The van der Waals surface area contributed by atoms with Crippen LogP contribution >= 0.6 is 0 Å². The van der Waals surface area contributed by atoms with E-state index in [2.05, 4.69) is 5.32 Å². The van der Waals surface area contributed by atoms with Crippen molar-refractivity contribution >= 4 is 5.69 Å². The Morgan fingerprint density at radius 1 is 1.22 bits per heavy atom. The fourth-order valence-electron chi connectivity index (χ4n) is 1.76. The van der Waals surface area contributed by atoms with Gasteiger partial charge in [0.1, 0.15) is 11.5 Å². The van der Waals surface area contributed by atoms with Crippen molar-refractivity contribution in [1.82, 2.24) is 0 Å². The third-order valence-corrected chi connectivity index (χ3v) is 2.76. The van der Waals surface area contributed by atoms with Gasteiger partial charge in [-0.15, -0.1) is 0 Å². The molecule has 96 valence electrons. The Morgan fingerprint density at radius 2 is 2.11 bits per heavy atom. The molecule has 0 spiro atoms. The average Bonchev–Trinajstić information content (AvgIpc) is 2.88. The van der Waals surface area contributed by atoms with Crippen molar-refractivity contribution in [1.29, 1.82) is 0 Å². The van der Waals surface area contributed by atoms with Crippen molar-refractivity contribution in [3.05, 3.63) is 47.9 Å². The summed E-state index contributed by atoms with van der Waals surface area (Å²) in [5.41, 5.74) is 1.39. The van der Waals surface area contributed by atoms with Crippen LogP contribution in [0.15, 0.2) is 41.0 Å². The first-order valence-electron chi connectivity index (χ1n) is 5.98. The molecule has 1 heterocycles. The Kier molecular flexibility index (Phi) is 4.25. The lowest BCUT2D eigenvalue weighted by Crippen LogP contribution is -2.02. The van der Waals surface area contributed by atoms with E-state index in [1.807, 2.05) is 18.2 Å². The van der Waals surface area contributed by atoms with E-state index in [0.29, 0.717) is 5.56 Å². The molecule has 2 rings (SSSR count). The Labute approximate surface area is 106 Å². The monoisotopic (exact) mass is 247 g/mol. The number of phenols is 1. The fraction of sp³-hybridized carbons (Fsp3) is 0.286. The molecule has 1 aromatic carbocycles. The minimum Gasteiger partial charge on any atom is -0.508 e. The molecule has 18 heavy (non-hydrogen) atoms. The third-order valence-electron chi connectivity index (χ3n) is 2.76. The Morgan fingerprint density at radius 3 is 2.78 bits per heavy atom. The van der Waals surface area contributed by atoms with Crippen molar-refractivity contribution in [2.45, 2.75) is 19.4 Å². The van der Waals surface area contributed by atoms with Crippen LogP contribution in [0.5, 0.6) is 5.75 Å². The molecule has 0 unspecified atom stereocenters. The minimum atomic E-state index is -0.148. The van der Waals surface area contributed by atoms with Crippen LogP contribution in [0.4, 0.5) is 5.69 Å². The highest BCUT2D eigenvalue weighted by Gasteiger charge is 2.01. The molecule has 0 aliphatic heterocycles. The summed E-state index contributed by atoms with van der Waals surface area (Å²) >= 11 is 0. The standard InChI is InChI=1S/C14H17NO3/c16-10-11-5-6-12(9-14(11)17)15-7-1-3-13-4-2-8-18-13/h2,4-6,8-9,15-17H,1,3,7,10H2. The van der Waals surface area contributed by atoms with E-state index in [-0.39, 0.29) is 12.4 Å². The zero-order valence-corrected chi connectivity index (χ0v) is 10.1. The number of benzene rings is 1. The number of aromatic hydroxyl groups is 1. The number of anilines is 1. The van der Waals surface area contributed by atoms with Gasteiger partial charge in [-0.05, 0) is 24.6 Å². The topological polar surface area (TPSA) is 65.6 Å². The van der Waals surface area contributed by atoms with Crippen LogP contribution in [0.1, 0.15) is 17.7 Å². The van der Waals surface area contributed by atoms with Crippen LogP contribution in [0.3, 0.4) is 0 Å². The number of aliphatic hydroxyl groups is 1. The number of aryl methyl sites for hydroxylation is 1. The summed E-state index contributed by atoms with van der Waals surface area (Å²) < 4.78 is 5.24. The van der Waals surface area contributed by atoms with Crippen LogP contribution in [0.2, 0.25) is 0 Å². The molecule has 0 radical (unpaired) electrons. The van der Waals surface area contributed by atoms with Crippen LogP contribution in [0.25, 0.3) is 0 Å². The van der Waals surface area contributed by atoms with Gasteiger partial charge in [0.2, 0.25) is 0 Å². The third kappa shape index (κ3) is 3.28. The lowest BCUT2D eigenvalue weighted by Gasteiger charge is -2.08. The molecule has 0 atom stereocenters. The van der Waals surface area contributed by atoms with Crippen LogP contribution in [0, 0.1) is 0 Å². The second-order valence-corrected chi connectivity index (χ2v) is 4.11. The van der Waals surface area contributed by atoms with Crippen molar-refractivity contribution in [2.24, 2.45) is 0 Å². The Hall–Kier alpha value is -1.94. The maximum absolute atomic E-state index is 9.58. The zero-order chi connectivity index (χ0) is 12.8. The van der Waals surface area contributed by atoms with E-state index in [0.717, 1.165) is 30.8 Å². The smallest absolute Gasteiger partial charge is 0.123 e. The quantitative estimate of drug-likeness (QED) is 0.686. The molecule has 0 fully saturated rings.